The Morgan fingerprint density at radius 3 is 1.61 bits per heavy atom. The van der Waals surface area contributed by atoms with Crippen molar-refractivity contribution in [3.05, 3.63) is 218 Å². The molecule has 268 valence electrons. The Morgan fingerprint density at radius 2 is 1.07 bits per heavy atom. The summed E-state index contributed by atoms with van der Waals surface area (Å²) in [5.41, 5.74) is 21.0. The van der Waals surface area contributed by atoms with E-state index in [4.69, 9.17) is 0 Å². The van der Waals surface area contributed by atoms with Crippen LogP contribution in [0.4, 0.5) is 17.1 Å². The van der Waals surface area contributed by atoms with E-state index in [1.807, 2.05) is 0 Å². The minimum atomic E-state index is 0.521. The number of hydrogen-bond acceptors (Lipinski definition) is 1. The lowest BCUT2D eigenvalue weighted by Gasteiger charge is -2.27. The summed E-state index contributed by atoms with van der Waals surface area (Å²) in [5.74, 6) is 0.521. The van der Waals surface area contributed by atoms with E-state index in [0.29, 0.717) is 5.92 Å². The molecule has 1 heteroatoms. The molecule has 0 saturated heterocycles. The van der Waals surface area contributed by atoms with Crippen molar-refractivity contribution in [1.29, 1.82) is 0 Å². The Bertz CT molecular complexity index is 2400. The van der Waals surface area contributed by atoms with Crippen LogP contribution in [0.5, 0.6) is 0 Å². The smallest absolute Gasteiger partial charge is 0.0490 e. The van der Waals surface area contributed by atoms with Gasteiger partial charge in [-0.05, 0) is 169 Å². The summed E-state index contributed by atoms with van der Waals surface area (Å²) in [6.07, 6.45) is 12.8. The number of hydrogen-bond donors (Lipinski definition) is 0. The van der Waals surface area contributed by atoms with Crippen LogP contribution in [0.1, 0.15) is 74.5 Å². The fraction of sp³-hybridized carbons (Fsp3) is 0.170. The fourth-order valence-electron chi connectivity index (χ4n) is 7.38. The van der Waals surface area contributed by atoms with Crippen LogP contribution >= 0.6 is 0 Å². The molecule has 6 aromatic rings. The zero-order valence-electron chi connectivity index (χ0n) is 32.8. The van der Waals surface area contributed by atoms with Crippen molar-refractivity contribution >= 4 is 40.4 Å². The molecule has 7 rings (SSSR count). The van der Waals surface area contributed by atoms with Gasteiger partial charge in [0.05, 0.1) is 0 Å². The Morgan fingerprint density at radius 1 is 0.519 bits per heavy atom. The molecule has 0 fully saturated rings. The van der Waals surface area contributed by atoms with E-state index in [1.165, 1.54) is 78.0 Å². The molecule has 1 aliphatic rings. The van der Waals surface area contributed by atoms with Crippen molar-refractivity contribution in [3.8, 4) is 0 Å². The highest BCUT2D eigenvalue weighted by atomic mass is 15.1. The summed E-state index contributed by atoms with van der Waals surface area (Å²) in [4.78, 5) is 2.38. The van der Waals surface area contributed by atoms with Gasteiger partial charge in [0.15, 0.2) is 0 Å². The first kappa shape index (κ1) is 36.4. The maximum atomic E-state index is 2.42. The quantitative estimate of drug-likeness (QED) is 0.136. The summed E-state index contributed by atoms with van der Waals surface area (Å²) >= 11 is 0. The van der Waals surface area contributed by atoms with Crippen LogP contribution in [0, 0.1) is 47.5 Å². The monoisotopic (exact) mass is 701 g/mol. The van der Waals surface area contributed by atoms with E-state index in [2.05, 4.69) is 217 Å². The lowest BCUT2D eigenvalue weighted by Crippen LogP contribution is -2.11. The average molecular weight is 702 g/mol. The molecule has 54 heavy (non-hydrogen) atoms. The highest BCUT2D eigenvalue weighted by molar-refractivity contribution is 5.94. The van der Waals surface area contributed by atoms with Crippen molar-refractivity contribution in [3.63, 3.8) is 0 Å². The predicted octanol–water partition coefficient (Wildman–Crippen LogP) is 14.7. The molecule has 0 heterocycles. The zero-order valence-corrected chi connectivity index (χ0v) is 32.8. The van der Waals surface area contributed by atoms with E-state index in [-0.39, 0.29) is 0 Å². The van der Waals surface area contributed by atoms with Gasteiger partial charge >= 0.3 is 0 Å². The molecule has 0 aromatic heterocycles. The number of allylic oxidation sites excluding steroid dienone is 5. The van der Waals surface area contributed by atoms with Crippen molar-refractivity contribution in [2.75, 3.05) is 4.90 Å². The van der Waals surface area contributed by atoms with Gasteiger partial charge in [-0.3, -0.25) is 0 Å². The largest absolute Gasteiger partial charge is 0.310 e. The maximum absolute atomic E-state index is 2.42. The number of rotatable bonds is 9. The first-order valence-electron chi connectivity index (χ1n) is 19.2. The molecule has 0 radical (unpaired) electrons. The summed E-state index contributed by atoms with van der Waals surface area (Å²) in [5, 5.41) is 0. The van der Waals surface area contributed by atoms with Crippen LogP contribution in [0.25, 0.3) is 23.3 Å². The van der Waals surface area contributed by atoms with Gasteiger partial charge < -0.3 is 4.90 Å². The molecule has 6 aromatic carbocycles. The molecular formula is C53H51N. The van der Waals surface area contributed by atoms with E-state index < -0.39 is 0 Å². The van der Waals surface area contributed by atoms with Gasteiger partial charge in [-0.1, -0.05) is 134 Å². The van der Waals surface area contributed by atoms with Crippen molar-refractivity contribution in [2.24, 2.45) is 5.92 Å². The van der Waals surface area contributed by atoms with Gasteiger partial charge in [0.25, 0.3) is 0 Å². The zero-order chi connectivity index (χ0) is 37.8. The number of nitrogens with zero attached hydrogens (tertiary/aromatic N) is 1. The van der Waals surface area contributed by atoms with Crippen LogP contribution in [0.2, 0.25) is 0 Å². The SMILES string of the molecule is Cc1ccc(N(c2ccc(/C=C(\C3=CC(C)CC=C3)c3ccc(C)c(C)c3)cc2)c2ccc(/C=C(\c3ccccc3)c3ccc(C)c(C)c3)cc2)c(C)c1. The summed E-state index contributed by atoms with van der Waals surface area (Å²) in [7, 11) is 0. The highest BCUT2D eigenvalue weighted by Gasteiger charge is 2.17. The van der Waals surface area contributed by atoms with Crippen LogP contribution in [-0.4, -0.2) is 0 Å². The molecule has 0 aliphatic heterocycles. The molecule has 0 spiro atoms. The minimum absolute atomic E-state index is 0.521. The maximum Gasteiger partial charge on any atom is 0.0490 e. The first-order chi connectivity index (χ1) is 26.1. The normalized spacial score (nSPS) is 14.6. The van der Waals surface area contributed by atoms with E-state index in [9.17, 15) is 0 Å². The summed E-state index contributed by atoms with van der Waals surface area (Å²) in [6, 6.07) is 49.1. The number of benzene rings is 6. The fourth-order valence-corrected chi connectivity index (χ4v) is 7.38. The Kier molecular flexibility index (Phi) is 10.8. The topological polar surface area (TPSA) is 3.24 Å². The predicted molar refractivity (Wildman–Crippen MR) is 235 cm³/mol. The second-order valence-electron chi connectivity index (χ2n) is 15.1. The summed E-state index contributed by atoms with van der Waals surface area (Å²) < 4.78 is 0. The molecule has 0 bridgehead atoms. The molecule has 0 amide bonds. The minimum Gasteiger partial charge on any atom is -0.310 e. The molecule has 1 atom stereocenters. The van der Waals surface area contributed by atoms with Crippen molar-refractivity contribution in [2.45, 2.75) is 54.9 Å². The van der Waals surface area contributed by atoms with Gasteiger partial charge in [0, 0.05) is 17.1 Å². The lowest BCUT2D eigenvalue weighted by molar-refractivity contribution is 0.733. The lowest BCUT2D eigenvalue weighted by atomic mass is 9.88. The molecule has 0 N–H and O–H groups in total. The van der Waals surface area contributed by atoms with Crippen molar-refractivity contribution in [1.82, 2.24) is 0 Å². The van der Waals surface area contributed by atoms with Gasteiger partial charge in [0.1, 0.15) is 0 Å². The van der Waals surface area contributed by atoms with E-state index in [0.717, 1.165) is 23.4 Å². The van der Waals surface area contributed by atoms with Crippen LogP contribution in [0.15, 0.2) is 157 Å². The second kappa shape index (κ2) is 16.0. The number of anilines is 3. The standard InChI is InChI=1S/C53H51N/c1-36-12-11-15-46(31-36)52(48-24-18-39(4)41(6)33-48)35-44-21-27-50(28-22-44)54(53-29-16-37(2)30-42(53)7)49-25-19-43(20-26-49)34-51(45-13-9-8-10-14-45)47-23-17-38(3)40(5)32-47/h8-11,13-36H,12H2,1-7H3/b51-34+,52-35+. The van der Waals surface area contributed by atoms with Crippen molar-refractivity contribution < 1.29 is 0 Å². The summed E-state index contributed by atoms with van der Waals surface area (Å²) in [6.45, 7) is 15.4. The highest BCUT2D eigenvalue weighted by Crippen LogP contribution is 2.39. The van der Waals surface area contributed by atoms with Crippen LogP contribution in [0.3, 0.4) is 0 Å². The Balaban J connectivity index is 1.27. The van der Waals surface area contributed by atoms with Gasteiger partial charge in [-0.15, -0.1) is 0 Å². The van der Waals surface area contributed by atoms with Crippen LogP contribution < -0.4 is 4.90 Å². The molecular weight excluding hydrogens is 651 g/mol. The van der Waals surface area contributed by atoms with E-state index in [1.54, 1.807) is 0 Å². The first-order valence-corrected chi connectivity index (χ1v) is 19.2. The molecule has 1 aliphatic carbocycles. The third-order valence-corrected chi connectivity index (χ3v) is 10.8. The second-order valence-corrected chi connectivity index (χ2v) is 15.1. The molecule has 1 unspecified atom stereocenters. The Hall–Kier alpha value is -5.92. The third kappa shape index (κ3) is 8.17. The van der Waals surface area contributed by atoms with Crippen LogP contribution in [-0.2, 0) is 0 Å². The van der Waals surface area contributed by atoms with Gasteiger partial charge in [-0.25, -0.2) is 0 Å². The number of aryl methyl sites for hydroxylation is 6. The molecule has 1 nitrogen and oxygen atoms in total. The van der Waals surface area contributed by atoms with E-state index >= 15 is 0 Å². The van der Waals surface area contributed by atoms with Gasteiger partial charge in [-0.2, -0.15) is 0 Å². The third-order valence-electron chi connectivity index (χ3n) is 10.8. The average Bonchev–Trinajstić information content (AvgIpc) is 3.17. The van der Waals surface area contributed by atoms with Gasteiger partial charge in [0.2, 0.25) is 0 Å². The Labute approximate surface area is 323 Å². The molecule has 0 saturated carbocycles.